The van der Waals surface area contributed by atoms with Crippen molar-refractivity contribution in [3.8, 4) is 5.69 Å². The molecule has 5 heteroatoms. The minimum atomic E-state index is -0.143. The summed E-state index contributed by atoms with van der Waals surface area (Å²) in [6.45, 7) is 0.659. The molecular weight excluding hydrogens is 302 g/mol. The third-order valence-corrected chi connectivity index (χ3v) is 3.72. The fraction of sp³-hybridized carbons (Fsp3) is 0.158. The number of para-hydroxylation sites is 1. The van der Waals surface area contributed by atoms with Crippen molar-refractivity contribution in [1.82, 2.24) is 14.7 Å². The van der Waals surface area contributed by atoms with Gasteiger partial charge in [-0.25, -0.2) is 4.68 Å². The molecule has 1 aromatic heterocycles. The van der Waals surface area contributed by atoms with Gasteiger partial charge < -0.3 is 10.0 Å². The first-order valence-electron chi connectivity index (χ1n) is 7.82. The maximum absolute atomic E-state index is 12.7. The van der Waals surface area contributed by atoms with E-state index in [4.69, 9.17) is 0 Å². The zero-order valence-corrected chi connectivity index (χ0v) is 13.2. The minimum absolute atomic E-state index is 0.0780. The molecule has 0 saturated heterocycles. The summed E-state index contributed by atoms with van der Waals surface area (Å²) in [4.78, 5) is 14.4. The molecule has 0 saturated carbocycles. The molecule has 0 radical (unpaired) electrons. The SMILES string of the molecule is O=C(c1cnn(-c2ccccc2)c1)N(CCO)Cc1ccccc1. The molecule has 0 atom stereocenters. The maximum Gasteiger partial charge on any atom is 0.257 e. The summed E-state index contributed by atoms with van der Waals surface area (Å²) >= 11 is 0. The Bertz CT molecular complexity index is 785. The van der Waals surface area contributed by atoms with Crippen LogP contribution in [-0.4, -0.2) is 38.8 Å². The highest BCUT2D eigenvalue weighted by molar-refractivity contribution is 5.93. The number of aromatic nitrogens is 2. The molecule has 0 aliphatic rings. The second kappa shape index (κ2) is 7.57. The van der Waals surface area contributed by atoms with Gasteiger partial charge in [-0.1, -0.05) is 48.5 Å². The Morgan fingerprint density at radius 3 is 2.38 bits per heavy atom. The van der Waals surface area contributed by atoms with E-state index in [0.29, 0.717) is 12.1 Å². The van der Waals surface area contributed by atoms with E-state index in [1.54, 1.807) is 22.0 Å². The number of aliphatic hydroxyl groups excluding tert-OH is 1. The third-order valence-electron chi connectivity index (χ3n) is 3.72. The average molecular weight is 321 g/mol. The minimum Gasteiger partial charge on any atom is -0.395 e. The van der Waals surface area contributed by atoms with Crippen molar-refractivity contribution < 1.29 is 9.90 Å². The molecule has 1 amide bonds. The lowest BCUT2D eigenvalue weighted by Crippen LogP contribution is -2.32. The van der Waals surface area contributed by atoms with Gasteiger partial charge in [0.1, 0.15) is 0 Å². The molecule has 3 aromatic rings. The molecule has 2 aromatic carbocycles. The van der Waals surface area contributed by atoms with E-state index in [1.165, 1.54) is 0 Å². The van der Waals surface area contributed by atoms with Crippen molar-refractivity contribution in [3.63, 3.8) is 0 Å². The summed E-state index contributed by atoms with van der Waals surface area (Å²) in [5.74, 6) is -0.143. The van der Waals surface area contributed by atoms with Gasteiger partial charge in [0.25, 0.3) is 5.91 Å². The van der Waals surface area contributed by atoms with Crippen LogP contribution in [0.1, 0.15) is 15.9 Å². The number of benzene rings is 2. The summed E-state index contributed by atoms with van der Waals surface area (Å²) in [5.41, 5.74) is 2.42. The van der Waals surface area contributed by atoms with Gasteiger partial charge in [0.2, 0.25) is 0 Å². The number of aliphatic hydroxyl groups is 1. The van der Waals surface area contributed by atoms with Gasteiger partial charge in [-0.3, -0.25) is 4.79 Å². The van der Waals surface area contributed by atoms with Crippen LogP contribution in [0.5, 0.6) is 0 Å². The zero-order chi connectivity index (χ0) is 16.8. The number of rotatable bonds is 6. The number of nitrogens with zero attached hydrogens (tertiary/aromatic N) is 3. The molecule has 3 rings (SSSR count). The predicted octanol–water partition coefficient (Wildman–Crippen LogP) is 2.51. The van der Waals surface area contributed by atoms with Gasteiger partial charge in [0.05, 0.1) is 24.1 Å². The largest absolute Gasteiger partial charge is 0.395 e. The van der Waals surface area contributed by atoms with Crippen molar-refractivity contribution in [2.45, 2.75) is 6.54 Å². The van der Waals surface area contributed by atoms with Crippen LogP contribution in [0, 0.1) is 0 Å². The summed E-state index contributed by atoms with van der Waals surface area (Å²) in [5, 5.41) is 13.5. The lowest BCUT2D eigenvalue weighted by atomic mass is 10.2. The number of carbonyl (C=O) groups excluding carboxylic acids is 1. The van der Waals surface area contributed by atoms with E-state index in [1.807, 2.05) is 60.7 Å². The molecule has 122 valence electrons. The topological polar surface area (TPSA) is 58.4 Å². The molecule has 0 bridgehead atoms. The molecule has 0 aliphatic heterocycles. The van der Waals surface area contributed by atoms with E-state index in [-0.39, 0.29) is 19.1 Å². The van der Waals surface area contributed by atoms with Gasteiger partial charge in [0, 0.05) is 19.3 Å². The lowest BCUT2D eigenvalue weighted by Gasteiger charge is -2.21. The zero-order valence-electron chi connectivity index (χ0n) is 13.2. The predicted molar refractivity (Wildman–Crippen MR) is 91.8 cm³/mol. The summed E-state index contributed by atoms with van der Waals surface area (Å²) in [6.07, 6.45) is 3.28. The Hall–Kier alpha value is -2.92. The van der Waals surface area contributed by atoms with Crippen LogP contribution < -0.4 is 0 Å². The number of carbonyl (C=O) groups is 1. The first-order valence-corrected chi connectivity index (χ1v) is 7.82. The van der Waals surface area contributed by atoms with Crippen molar-refractivity contribution in [2.75, 3.05) is 13.2 Å². The molecule has 1 heterocycles. The van der Waals surface area contributed by atoms with Crippen LogP contribution in [0.3, 0.4) is 0 Å². The molecule has 0 fully saturated rings. The van der Waals surface area contributed by atoms with E-state index >= 15 is 0 Å². The van der Waals surface area contributed by atoms with E-state index in [0.717, 1.165) is 11.3 Å². The Morgan fingerprint density at radius 2 is 1.71 bits per heavy atom. The monoisotopic (exact) mass is 321 g/mol. The molecule has 24 heavy (non-hydrogen) atoms. The molecular formula is C19H19N3O2. The highest BCUT2D eigenvalue weighted by Gasteiger charge is 2.17. The van der Waals surface area contributed by atoms with Crippen molar-refractivity contribution in [2.24, 2.45) is 0 Å². The summed E-state index contributed by atoms with van der Waals surface area (Å²) in [7, 11) is 0. The second-order valence-corrected chi connectivity index (χ2v) is 5.45. The summed E-state index contributed by atoms with van der Waals surface area (Å²) < 4.78 is 1.67. The van der Waals surface area contributed by atoms with Crippen LogP contribution in [0.2, 0.25) is 0 Å². The van der Waals surface area contributed by atoms with Gasteiger partial charge in [-0.2, -0.15) is 5.10 Å². The van der Waals surface area contributed by atoms with Gasteiger partial charge in [0.15, 0.2) is 0 Å². The number of hydrogen-bond acceptors (Lipinski definition) is 3. The number of hydrogen-bond donors (Lipinski definition) is 1. The Labute approximate surface area is 140 Å². The highest BCUT2D eigenvalue weighted by Crippen LogP contribution is 2.12. The van der Waals surface area contributed by atoms with E-state index in [9.17, 15) is 9.90 Å². The Morgan fingerprint density at radius 1 is 1.04 bits per heavy atom. The first-order chi connectivity index (χ1) is 11.8. The van der Waals surface area contributed by atoms with Crippen LogP contribution >= 0.6 is 0 Å². The highest BCUT2D eigenvalue weighted by atomic mass is 16.3. The fourth-order valence-corrected chi connectivity index (χ4v) is 2.51. The third kappa shape index (κ3) is 3.70. The second-order valence-electron chi connectivity index (χ2n) is 5.45. The van der Waals surface area contributed by atoms with Crippen molar-refractivity contribution >= 4 is 5.91 Å². The van der Waals surface area contributed by atoms with Gasteiger partial charge in [-0.05, 0) is 17.7 Å². The Kier molecular flexibility index (Phi) is 5.03. The standard InChI is InChI=1S/C19H19N3O2/c23-12-11-21(14-16-7-3-1-4-8-16)19(24)17-13-20-22(15-17)18-9-5-2-6-10-18/h1-10,13,15,23H,11-12,14H2. The summed E-state index contributed by atoms with van der Waals surface area (Å²) in [6, 6.07) is 19.4. The Balaban J connectivity index is 1.79. The first kappa shape index (κ1) is 16.0. The average Bonchev–Trinajstić information content (AvgIpc) is 3.12. The quantitative estimate of drug-likeness (QED) is 0.759. The van der Waals surface area contributed by atoms with Gasteiger partial charge >= 0.3 is 0 Å². The number of amides is 1. The van der Waals surface area contributed by atoms with Crippen LogP contribution in [0.4, 0.5) is 0 Å². The fourth-order valence-electron chi connectivity index (χ4n) is 2.51. The van der Waals surface area contributed by atoms with Crippen molar-refractivity contribution in [3.05, 3.63) is 84.2 Å². The van der Waals surface area contributed by atoms with Crippen LogP contribution in [-0.2, 0) is 6.54 Å². The molecule has 5 nitrogen and oxygen atoms in total. The lowest BCUT2D eigenvalue weighted by molar-refractivity contribution is 0.0708. The molecule has 1 N–H and O–H groups in total. The van der Waals surface area contributed by atoms with E-state index in [2.05, 4.69) is 5.10 Å². The molecule has 0 spiro atoms. The van der Waals surface area contributed by atoms with Crippen molar-refractivity contribution in [1.29, 1.82) is 0 Å². The molecule has 0 aliphatic carbocycles. The smallest absolute Gasteiger partial charge is 0.257 e. The maximum atomic E-state index is 12.7. The van der Waals surface area contributed by atoms with E-state index < -0.39 is 0 Å². The molecule has 0 unspecified atom stereocenters. The van der Waals surface area contributed by atoms with Gasteiger partial charge in [-0.15, -0.1) is 0 Å². The van der Waals surface area contributed by atoms with Crippen LogP contribution in [0.25, 0.3) is 5.69 Å². The van der Waals surface area contributed by atoms with Crippen LogP contribution in [0.15, 0.2) is 73.1 Å². The normalized spacial score (nSPS) is 10.5.